The number of hydrogen-bond donors (Lipinski definition) is 1. The molecule has 4 aromatic rings. The van der Waals surface area contributed by atoms with Crippen molar-refractivity contribution in [2.24, 2.45) is 0 Å². The van der Waals surface area contributed by atoms with Crippen LogP contribution < -0.4 is 16.0 Å². The van der Waals surface area contributed by atoms with E-state index in [0.717, 1.165) is 16.5 Å². The number of aryl methyl sites for hydroxylation is 1. The van der Waals surface area contributed by atoms with Crippen LogP contribution in [-0.2, 0) is 27.8 Å². The average molecular weight is 461 g/mol. The highest BCUT2D eigenvalue weighted by Crippen LogP contribution is 2.35. The van der Waals surface area contributed by atoms with E-state index >= 15 is 0 Å². The smallest absolute Gasteiger partial charge is 0.340 e. The minimum absolute atomic E-state index is 0.0777. The molecule has 1 N–H and O–H groups in total. The van der Waals surface area contributed by atoms with Gasteiger partial charge in [0, 0.05) is 22.4 Å². The van der Waals surface area contributed by atoms with Gasteiger partial charge in [0.05, 0.1) is 30.3 Å². The molecule has 2 aromatic carbocycles. The summed E-state index contributed by atoms with van der Waals surface area (Å²) in [6.07, 6.45) is 1.48. The third kappa shape index (κ3) is 4.59. The van der Waals surface area contributed by atoms with Crippen LogP contribution in [0.2, 0.25) is 0 Å². The molecule has 4 rings (SSSR count). The van der Waals surface area contributed by atoms with E-state index in [1.807, 2.05) is 12.1 Å². The van der Waals surface area contributed by atoms with Crippen molar-refractivity contribution in [3.05, 3.63) is 81.4 Å². The monoisotopic (exact) mass is 460 g/mol. The standard InChI is InChI=1S/C27H27NO6/c1-15-17-11-19-20(27(2,3)4)14-33-22(19)13-23(17)34-26(32)18(15)12-24(29)28-21(25(30)31)10-16-8-6-5-7-9-16/h5-9,11,13-14,21H,10,12H2,1-4H3,(H,28,29)(H,30,31)/p-1/t21-/m0/s1. The van der Waals surface area contributed by atoms with Crippen molar-refractivity contribution < 1.29 is 23.5 Å². The molecule has 0 fully saturated rings. The second-order valence-corrected chi connectivity index (χ2v) is 9.54. The Morgan fingerprint density at radius 2 is 1.76 bits per heavy atom. The van der Waals surface area contributed by atoms with Gasteiger partial charge in [-0.3, -0.25) is 4.79 Å². The van der Waals surface area contributed by atoms with Crippen molar-refractivity contribution in [2.45, 2.75) is 52.0 Å². The van der Waals surface area contributed by atoms with Gasteiger partial charge >= 0.3 is 5.63 Å². The molecule has 0 aliphatic rings. The molecule has 0 spiro atoms. The van der Waals surface area contributed by atoms with Crippen LogP contribution in [0.4, 0.5) is 0 Å². The number of carbonyl (C=O) groups excluding carboxylic acids is 2. The Hall–Kier alpha value is -3.87. The van der Waals surface area contributed by atoms with Crippen molar-refractivity contribution >= 4 is 33.8 Å². The SMILES string of the molecule is Cc1c(CC(=O)N[C@@H](Cc2ccccc2)C(=O)[O-])c(=O)oc2cc3occ(C(C)(C)C)c3cc12. The van der Waals surface area contributed by atoms with Gasteiger partial charge in [0.1, 0.15) is 11.2 Å². The number of aliphatic carboxylic acids is 1. The highest BCUT2D eigenvalue weighted by atomic mass is 16.4. The molecule has 0 aliphatic carbocycles. The van der Waals surface area contributed by atoms with E-state index in [2.05, 4.69) is 26.1 Å². The molecular weight excluding hydrogens is 434 g/mol. The number of benzene rings is 2. The van der Waals surface area contributed by atoms with E-state index in [9.17, 15) is 19.5 Å². The molecule has 2 heterocycles. The van der Waals surface area contributed by atoms with Gasteiger partial charge in [-0.05, 0) is 36.0 Å². The fourth-order valence-electron chi connectivity index (χ4n) is 4.14. The third-order valence-corrected chi connectivity index (χ3v) is 6.03. The Balaban J connectivity index is 1.65. The fourth-order valence-corrected chi connectivity index (χ4v) is 4.14. The molecule has 0 saturated carbocycles. The first kappa shape index (κ1) is 23.3. The van der Waals surface area contributed by atoms with Gasteiger partial charge in [-0.2, -0.15) is 0 Å². The van der Waals surface area contributed by atoms with Crippen LogP contribution in [0.25, 0.3) is 21.9 Å². The van der Waals surface area contributed by atoms with Crippen LogP contribution in [0.1, 0.15) is 43.0 Å². The fraction of sp³-hybridized carbons (Fsp3) is 0.296. The molecule has 2 aromatic heterocycles. The highest BCUT2D eigenvalue weighted by molar-refractivity contribution is 5.97. The Morgan fingerprint density at radius 1 is 1.06 bits per heavy atom. The maximum absolute atomic E-state index is 12.7. The van der Waals surface area contributed by atoms with E-state index < -0.39 is 23.5 Å². The van der Waals surface area contributed by atoms with E-state index in [0.29, 0.717) is 22.1 Å². The zero-order valence-corrected chi connectivity index (χ0v) is 19.6. The Morgan fingerprint density at radius 3 is 2.41 bits per heavy atom. The summed E-state index contributed by atoms with van der Waals surface area (Å²) >= 11 is 0. The molecule has 7 nitrogen and oxygen atoms in total. The number of rotatable bonds is 6. The first-order valence-electron chi connectivity index (χ1n) is 11.1. The highest BCUT2D eigenvalue weighted by Gasteiger charge is 2.23. The number of carbonyl (C=O) groups is 2. The third-order valence-electron chi connectivity index (χ3n) is 6.03. The van der Waals surface area contributed by atoms with Crippen molar-refractivity contribution in [3.8, 4) is 0 Å². The lowest BCUT2D eigenvalue weighted by Gasteiger charge is -2.20. The first-order chi connectivity index (χ1) is 16.0. The Bertz CT molecular complexity index is 1440. The lowest BCUT2D eigenvalue weighted by molar-refractivity contribution is -0.308. The Labute approximate surface area is 196 Å². The molecule has 0 bridgehead atoms. The van der Waals surface area contributed by atoms with E-state index in [4.69, 9.17) is 8.83 Å². The number of carboxylic acids is 1. The van der Waals surface area contributed by atoms with Crippen molar-refractivity contribution in [3.63, 3.8) is 0 Å². The molecular formula is C27H26NO6-. The zero-order chi connectivity index (χ0) is 24.6. The summed E-state index contributed by atoms with van der Waals surface area (Å²) in [6.45, 7) is 8.00. The summed E-state index contributed by atoms with van der Waals surface area (Å²) in [5.41, 5.74) is 2.75. The minimum Gasteiger partial charge on any atom is -0.548 e. The summed E-state index contributed by atoms with van der Waals surface area (Å²) < 4.78 is 11.2. The van der Waals surface area contributed by atoms with Crippen LogP contribution in [0.3, 0.4) is 0 Å². The minimum atomic E-state index is -1.39. The maximum atomic E-state index is 12.7. The van der Waals surface area contributed by atoms with Crippen molar-refractivity contribution in [1.29, 1.82) is 0 Å². The van der Waals surface area contributed by atoms with Crippen molar-refractivity contribution in [1.82, 2.24) is 5.32 Å². The summed E-state index contributed by atoms with van der Waals surface area (Å²) in [5.74, 6) is -1.99. The topological polar surface area (TPSA) is 113 Å². The Kier molecular flexibility index (Phi) is 6.04. The second-order valence-electron chi connectivity index (χ2n) is 9.54. The van der Waals surface area contributed by atoms with E-state index in [1.165, 1.54) is 0 Å². The van der Waals surface area contributed by atoms with Crippen LogP contribution in [-0.4, -0.2) is 17.9 Å². The molecule has 34 heavy (non-hydrogen) atoms. The average Bonchev–Trinajstić information content (AvgIpc) is 3.19. The number of nitrogens with one attached hydrogen (secondary N) is 1. The van der Waals surface area contributed by atoms with Gasteiger partial charge in [0.2, 0.25) is 5.91 Å². The molecule has 0 saturated heterocycles. The maximum Gasteiger partial charge on any atom is 0.340 e. The quantitative estimate of drug-likeness (QED) is 0.442. The number of amides is 1. The number of fused-ring (bicyclic) bond motifs is 2. The van der Waals surface area contributed by atoms with Crippen LogP contribution in [0.15, 0.2) is 62.4 Å². The summed E-state index contributed by atoms with van der Waals surface area (Å²) in [6, 6.07) is 11.3. The summed E-state index contributed by atoms with van der Waals surface area (Å²) in [7, 11) is 0. The second kappa shape index (κ2) is 8.82. The van der Waals surface area contributed by atoms with Gasteiger partial charge in [0.15, 0.2) is 0 Å². The molecule has 0 unspecified atom stereocenters. The predicted octanol–water partition coefficient (Wildman–Crippen LogP) is 3.17. The van der Waals surface area contributed by atoms with Crippen molar-refractivity contribution in [2.75, 3.05) is 0 Å². The summed E-state index contributed by atoms with van der Waals surface area (Å²) in [4.78, 5) is 37.0. The van der Waals surface area contributed by atoms with Gasteiger partial charge in [-0.1, -0.05) is 51.1 Å². The molecule has 1 atom stereocenters. The molecule has 1 amide bonds. The van der Waals surface area contributed by atoms with Gasteiger partial charge in [-0.25, -0.2) is 4.79 Å². The molecule has 7 heteroatoms. The lowest BCUT2D eigenvalue weighted by atomic mass is 9.86. The summed E-state index contributed by atoms with van der Waals surface area (Å²) in [5, 5.41) is 15.7. The van der Waals surface area contributed by atoms with Crippen LogP contribution in [0.5, 0.6) is 0 Å². The van der Waals surface area contributed by atoms with Crippen LogP contribution in [0, 0.1) is 6.92 Å². The number of carboxylic acid groups (broad SMARTS) is 1. The lowest BCUT2D eigenvalue weighted by Crippen LogP contribution is -2.49. The molecule has 176 valence electrons. The molecule has 0 aliphatic heterocycles. The first-order valence-corrected chi connectivity index (χ1v) is 11.1. The van der Waals surface area contributed by atoms with E-state index in [1.54, 1.807) is 43.5 Å². The normalized spacial score (nSPS) is 12.7. The largest absolute Gasteiger partial charge is 0.548 e. The van der Waals surface area contributed by atoms with E-state index in [-0.39, 0.29) is 23.8 Å². The predicted molar refractivity (Wildman–Crippen MR) is 126 cm³/mol. The molecule has 0 radical (unpaired) electrons. The number of furan rings is 1. The van der Waals surface area contributed by atoms with Gasteiger partial charge in [0.25, 0.3) is 0 Å². The van der Waals surface area contributed by atoms with Gasteiger partial charge in [-0.15, -0.1) is 0 Å². The van der Waals surface area contributed by atoms with Gasteiger partial charge < -0.3 is 24.1 Å². The van der Waals surface area contributed by atoms with Crippen LogP contribution >= 0.6 is 0 Å². The number of hydrogen-bond acceptors (Lipinski definition) is 6. The zero-order valence-electron chi connectivity index (χ0n) is 19.6.